The molecular weight excluding hydrogens is 198 g/mol. The summed E-state index contributed by atoms with van der Waals surface area (Å²) >= 11 is 0. The van der Waals surface area contributed by atoms with Crippen LogP contribution in [0.15, 0.2) is 0 Å². The molecule has 2 N–H and O–H groups in total. The van der Waals surface area contributed by atoms with Crippen LogP contribution < -0.4 is 5.73 Å². The van der Waals surface area contributed by atoms with Crippen molar-refractivity contribution in [3.63, 3.8) is 0 Å². The van der Waals surface area contributed by atoms with Crippen LogP contribution in [0.3, 0.4) is 0 Å². The Morgan fingerprint density at radius 1 is 0.938 bits per heavy atom. The van der Waals surface area contributed by atoms with Gasteiger partial charge in [-0.05, 0) is 31.6 Å². The Morgan fingerprint density at radius 3 is 2.25 bits per heavy atom. The Labute approximate surface area is 99.0 Å². The summed E-state index contributed by atoms with van der Waals surface area (Å²) < 4.78 is 0. The Morgan fingerprint density at radius 2 is 1.69 bits per heavy atom. The number of nitrogens with zero attached hydrogens (tertiary/aromatic N) is 2. The fourth-order valence-corrected chi connectivity index (χ4v) is 3.37. The molecule has 0 aromatic heterocycles. The smallest absolute Gasteiger partial charge is 0.0113 e. The van der Waals surface area contributed by atoms with E-state index in [4.69, 9.17) is 5.73 Å². The van der Waals surface area contributed by atoms with Crippen molar-refractivity contribution >= 4 is 0 Å². The Hall–Kier alpha value is -0.120. The van der Waals surface area contributed by atoms with E-state index in [0.29, 0.717) is 6.04 Å². The second-order valence-corrected chi connectivity index (χ2v) is 5.92. The summed E-state index contributed by atoms with van der Waals surface area (Å²) in [4.78, 5) is 5.33. The summed E-state index contributed by atoms with van der Waals surface area (Å²) in [5.41, 5.74) is 6.14. The predicted octanol–water partition coefficient (Wildman–Crippen LogP) is 0.894. The van der Waals surface area contributed by atoms with Crippen LogP contribution in [-0.4, -0.2) is 54.6 Å². The van der Waals surface area contributed by atoms with E-state index in [-0.39, 0.29) is 0 Å². The normalized spacial score (nSPS) is 38.1. The molecule has 0 aromatic carbocycles. The largest absolute Gasteiger partial charge is 0.327 e. The van der Waals surface area contributed by atoms with Crippen molar-refractivity contribution in [3.05, 3.63) is 0 Å². The van der Waals surface area contributed by atoms with Crippen molar-refractivity contribution in [1.29, 1.82) is 0 Å². The molecule has 3 heteroatoms. The van der Waals surface area contributed by atoms with Crippen molar-refractivity contribution in [2.45, 2.75) is 44.2 Å². The average molecular weight is 223 g/mol. The third-order valence-corrected chi connectivity index (χ3v) is 4.68. The van der Waals surface area contributed by atoms with Gasteiger partial charge in [-0.1, -0.05) is 6.42 Å². The maximum atomic E-state index is 6.14. The molecule has 3 nitrogen and oxygen atoms in total. The second-order valence-electron chi connectivity index (χ2n) is 5.92. The number of hydrogen-bond acceptors (Lipinski definition) is 3. The lowest BCUT2D eigenvalue weighted by Gasteiger charge is -2.36. The van der Waals surface area contributed by atoms with Gasteiger partial charge in [0.1, 0.15) is 0 Å². The zero-order chi connectivity index (χ0) is 11.0. The summed E-state index contributed by atoms with van der Waals surface area (Å²) in [5.74, 6) is 0.785. The Kier molecular flexibility index (Phi) is 3.18. The highest BCUT2D eigenvalue weighted by molar-refractivity contribution is 4.89. The topological polar surface area (TPSA) is 32.5 Å². The van der Waals surface area contributed by atoms with Gasteiger partial charge >= 0.3 is 0 Å². The first-order valence-corrected chi connectivity index (χ1v) is 7.05. The molecule has 3 fully saturated rings. The Balaban J connectivity index is 1.43. The predicted molar refractivity (Wildman–Crippen MR) is 66.4 cm³/mol. The third-order valence-electron chi connectivity index (χ3n) is 4.68. The van der Waals surface area contributed by atoms with Crippen LogP contribution >= 0.6 is 0 Å². The van der Waals surface area contributed by atoms with Crippen molar-refractivity contribution < 1.29 is 0 Å². The summed E-state index contributed by atoms with van der Waals surface area (Å²) in [7, 11) is 0. The highest BCUT2D eigenvalue weighted by Crippen LogP contribution is 2.29. The van der Waals surface area contributed by atoms with Gasteiger partial charge in [0.05, 0.1) is 0 Å². The van der Waals surface area contributed by atoms with E-state index in [1.807, 2.05) is 0 Å². The fraction of sp³-hybridized carbons (Fsp3) is 1.00. The van der Waals surface area contributed by atoms with E-state index in [1.54, 1.807) is 0 Å². The van der Waals surface area contributed by atoms with Gasteiger partial charge < -0.3 is 10.6 Å². The van der Waals surface area contributed by atoms with Crippen molar-refractivity contribution in [2.75, 3.05) is 32.7 Å². The lowest BCUT2D eigenvalue weighted by Crippen LogP contribution is -2.49. The first-order valence-electron chi connectivity index (χ1n) is 7.05. The first kappa shape index (κ1) is 11.0. The number of hydrogen-bond donors (Lipinski definition) is 1. The highest BCUT2D eigenvalue weighted by Gasteiger charge is 2.32. The lowest BCUT2D eigenvalue weighted by atomic mass is 10.0. The summed E-state index contributed by atoms with van der Waals surface area (Å²) in [5, 5.41) is 0. The first-order chi connectivity index (χ1) is 7.83. The SMILES string of the molecule is NC1CCCC1CN1CCN(C2CC2)CC1. The molecule has 2 atom stereocenters. The van der Waals surface area contributed by atoms with Gasteiger partial charge in [0.15, 0.2) is 0 Å². The van der Waals surface area contributed by atoms with Crippen LogP contribution in [0.4, 0.5) is 0 Å². The molecule has 2 saturated carbocycles. The zero-order valence-corrected chi connectivity index (χ0v) is 10.3. The Bertz CT molecular complexity index is 231. The van der Waals surface area contributed by atoms with E-state index in [9.17, 15) is 0 Å². The molecule has 1 aliphatic heterocycles. The third kappa shape index (κ3) is 2.41. The molecule has 1 saturated heterocycles. The van der Waals surface area contributed by atoms with Crippen molar-refractivity contribution in [1.82, 2.24) is 9.80 Å². The molecule has 0 bridgehead atoms. The molecule has 0 amide bonds. The van der Waals surface area contributed by atoms with Crippen LogP contribution in [0.25, 0.3) is 0 Å². The molecule has 0 radical (unpaired) electrons. The van der Waals surface area contributed by atoms with Crippen LogP contribution in [-0.2, 0) is 0 Å². The van der Waals surface area contributed by atoms with Gasteiger partial charge in [-0.2, -0.15) is 0 Å². The molecule has 16 heavy (non-hydrogen) atoms. The van der Waals surface area contributed by atoms with Gasteiger partial charge in [-0.25, -0.2) is 0 Å². The van der Waals surface area contributed by atoms with Crippen molar-refractivity contribution in [3.8, 4) is 0 Å². The second kappa shape index (κ2) is 4.63. The minimum Gasteiger partial charge on any atom is -0.327 e. The summed E-state index contributed by atoms with van der Waals surface area (Å²) in [6.07, 6.45) is 6.88. The van der Waals surface area contributed by atoms with Gasteiger partial charge in [-0.15, -0.1) is 0 Å². The van der Waals surface area contributed by atoms with Gasteiger partial charge in [0.25, 0.3) is 0 Å². The van der Waals surface area contributed by atoms with Crippen LogP contribution in [0, 0.1) is 5.92 Å². The monoisotopic (exact) mass is 223 g/mol. The highest BCUT2D eigenvalue weighted by atomic mass is 15.3. The maximum Gasteiger partial charge on any atom is 0.0113 e. The molecule has 92 valence electrons. The van der Waals surface area contributed by atoms with Crippen LogP contribution in [0.2, 0.25) is 0 Å². The summed E-state index contributed by atoms with van der Waals surface area (Å²) in [6.45, 7) is 6.42. The average Bonchev–Trinajstić information content (AvgIpc) is 3.07. The molecule has 1 heterocycles. The zero-order valence-electron chi connectivity index (χ0n) is 10.3. The van der Waals surface area contributed by atoms with Gasteiger partial charge in [0.2, 0.25) is 0 Å². The van der Waals surface area contributed by atoms with E-state index < -0.39 is 0 Å². The number of rotatable bonds is 3. The van der Waals surface area contributed by atoms with Crippen molar-refractivity contribution in [2.24, 2.45) is 11.7 Å². The van der Waals surface area contributed by atoms with Crippen LogP contribution in [0.5, 0.6) is 0 Å². The summed E-state index contributed by atoms with van der Waals surface area (Å²) in [6, 6.07) is 1.44. The fourth-order valence-electron chi connectivity index (χ4n) is 3.37. The quantitative estimate of drug-likeness (QED) is 0.771. The van der Waals surface area contributed by atoms with E-state index in [2.05, 4.69) is 9.80 Å². The van der Waals surface area contributed by atoms with Gasteiger partial charge in [-0.3, -0.25) is 4.90 Å². The molecule has 3 aliphatic rings. The number of nitrogens with two attached hydrogens (primary N) is 1. The molecule has 0 aromatic rings. The van der Waals surface area contributed by atoms with E-state index in [0.717, 1.165) is 12.0 Å². The standard InChI is InChI=1S/C13H25N3/c14-13-3-1-2-11(13)10-15-6-8-16(9-7-15)12-4-5-12/h11-13H,1-10,14H2. The lowest BCUT2D eigenvalue weighted by molar-refractivity contribution is 0.111. The minimum atomic E-state index is 0.487. The molecule has 2 aliphatic carbocycles. The van der Waals surface area contributed by atoms with Gasteiger partial charge in [0, 0.05) is 44.8 Å². The molecular formula is C13H25N3. The minimum absolute atomic E-state index is 0.487. The number of piperazine rings is 1. The van der Waals surface area contributed by atoms with E-state index in [1.165, 1.54) is 64.8 Å². The molecule has 0 spiro atoms. The maximum absolute atomic E-state index is 6.14. The van der Waals surface area contributed by atoms with Crippen LogP contribution in [0.1, 0.15) is 32.1 Å². The molecule has 3 rings (SSSR count). The van der Waals surface area contributed by atoms with E-state index >= 15 is 0 Å². The molecule has 2 unspecified atom stereocenters.